The summed E-state index contributed by atoms with van der Waals surface area (Å²) in [6.07, 6.45) is 3.58. The van der Waals surface area contributed by atoms with E-state index in [1.807, 2.05) is 0 Å². The Morgan fingerprint density at radius 1 is 1.65 bits per heavy atom. The van der Waals surface area contributed by atoms with Crippen molar-refractivity contribution >= 4 is 23.3 Å². The summed E-state index contributed by atoms with van der Waals surface area (Å²) in [4.78, 5) is 18.5. The summed E-state index contributed by atoms with van der Waals surface area (Å²) < 4.78 is 0. The van der Waals surface area contributed by atoms with Gasteiger partial charge in [0.25, 0.3) is 5.91 Å². The van der Waals surface area contributed by atoms with E-state index in [9.17, 15) is 4.79 Å². The minimum absolute atomic E-state index is 0.147. The van der Waals surface area contributed by atoms with Crippen LogP contribution >= 0.6 is 11.6 Å². The van der Waals surface area contributed by atoms with E-state index in [1.165, 1.54) is 6.20 Å². The molecular weight excluding hydrogens is 278 g/mol. The molecule has 1 saturated heterocycles. The number of halogens is 1. The number of carbonyl (C=O) groups excluding carboxylic acids is 1. The van der Waals surface area contributed by atoms with Gasteiger partial charge in [-0.15, -0.1) is 0 Å². The van der Waals surface area contributed by atoms with Crippen molar-refractivity contribution in [2.24, 2.45) is 5.84 Å². The second-order valence-electron chi connectivity index (χ2n) is 4.90. The average Bonchev–Trinajstić information content (AvgIpc) is 2.47. The Morgan fingerprint density at radius 2 is 2.45 bits per heavy atom. The highest BCUT2D eigenvalue weighted by Gasteiger charge is 2.21. The summed E-state index contributed by atoms with van der Waals surface area (Å²) in [5.74, 6) is 5.47. The maximum atomic E-state index is 12.2. The number of carbonyl (C=O) groups is 1. The first kappa shape index (κ1) is 15.0. The normalized spacial score (nSPS) is 19.6. The molecule has 0 aliphatic carbocycles. The van der Waals surface area contributed by atoms with Gasteiger partial charge in [0, 0.05) is 18.8 Å². The lowest BCUT2D eigenvalue weighted by molar-refractivity contribution is 0.0905. The molecule has 0 radical (unpaired) electrons. The second kappa shape index (κ2) is 6.88. The zero-order chi connectivity index (χ0) is 14.5. The zero-order valence-corrected chi connectivity index (χ0v) is 12.3. The van der Waals surface area contributed by atoms with Crippen molar-refractivity contribution in [3.8, 4) is 0 Å². The molecule has 0 spiro atoms. The molecule has 1 aromatic heterocycles. The van der Waals surface area contributed by atoms with Crippen LogP contribution in [0.1, 0.15) is 30.1 Å². The van der Waals surface area contributed by atoms with Crippen molar-refractivity contribution in [3.05, 3.63) is 22.8 Å². The van der Waals surface area contributed by atoms with Gasteiger partial charge in [0.2, 0.25) is 0 Å². The Bertz CT molecular complexity index is 482. The molecule has 0 aromatic carbocycles. The van der Waals surface area contributed by atoms with Crippen molar-refractivity contribution in [1.29, 1.82) is 0 Å². The van der Waals surface area contributed by atoms with Crippen LogP contribution in [-0.2, 0) is 0 Å². The molecule has 0 saturated carbocycles. The number of hydrogen-bond acceptors (Lipinski definition) is 5. The highest BCUT2D eigenvalue weighted by atomic mass is 35.5. The molecule has 0 bridgehead atoms. The highest BCUT2D eigenvalue weighted by Crippen LogP contribution is 2.19. The smallest absolute Gasteiger partial charge is 0.253 e. The Labute approximate surface area is 123 Å². The van der Waals surface area contributed by atoms with Crippen LogP contribution in [0.2, 0.25) is 5.02 Å². The quantitative estimate of drug-likeness (QED) is 0.575. The number of piperidine rings is 1. The van der Waals surface area contributed by atoms with E-state index < -0.39 is 0 Å². The molecule has 1 amide bonds. The topological polar surface area (TPSA) is 83.3 Å². The number of nitrogens with zero attached hydrogens (tertiary/aromatic N) is 2. The predicted octanol–water partition coefficient (Wildman–Crippen LogP) is 1.23. The standard InChI is InChI=1S/C13H20ClN5O/c1-2-19-5-3-4-10(8-19)17-13(20)9-6-11(14)12(18-15)16-7-9/h6-7,10H,2-5,8,15H2,1H3,(H,16,18)(H,17,20). The molecule has 1 fully saturated rings. The molecule has 4 N–H and O–H groups in total. The number of hydrazine groups is 1. The van der Waals surface area contributed by atoms with Crippen LogP contribution in [0, 0.1) is 0 Å². The third-order valence-electron chi connectivity index (χ3n) is 3.53. The van der Waals surface area contributed by atoms with Gasteiger partial charge in [-0.25, -0.2) is 10.8 Å². The minimum atomic E-state index is -0.147. The molecule has 1 aliphatic heterocycles. The van der Waals surface area contributed by atoms with Gasteiger partial charge in [-0.1, -0.05) is 18.5 Å². The van der Waals surface area contributed by atoms with Crippen molar-refractivity contribution in [3.63, 3.8) is 0 Å². The number of hydrogen-bond donors (Lipinski definition) is 3. The summed E-state index contributed by atoms with van der Waals surface area (Å²) in [6.45, 7) is 5.14. The number of aromatic nitrogens is 1. The molecule has 7 heteroatoms. The summed E-state index contributed by atoms with van der Waals surface area (Å²) in [5.41, 5.74) is 2.82. The van der Waals surface area contributed by atoms with Crippen LogP contribution in [-0.4, -0.2) is 41.5 Å². The van der Waals surface area contributed by atoms with Crippen LogP contribution in [0.15, 0.2) is 12.3 Å². The van der Waals surface area contributed by atoms with Crippen LogP contribution in [0.3, 0.4) is 0 Å². The van der Waals surface area contributed by atoms with E-state index in [2.05, 4.69) is 27.6 Å². The van der Waals surface area contributed by atoms with Gasteiger partial charge in [-0.05, 0) is 32.0 Å². The number of amides is 1. The fraction of sp³-hybridized carbons (Fsp3) is 0.538. The first-order valence-electron chi connectivity index (χ1n) is 6.79. The average molecular weight is 298 g/mol. The van der Waals surface area contributed by atoms with Crippen molar-refractivity contribution in [1.82, 2.24) is 15.2 Å². The number of anilines is 1. The predicted molar refractivity (Wildman–Crippen MR) is 79.7 cm³/mol. The lowest BCUT2D eigenvalue weighted by atomic mass is 10.1. The third-order valence-corrected chi connectivity index (χ3v) is 3.82. The lowest BCUT2D eigenvalue weighted by Gasteiger charge is -2.32. The first-order chi connectivity index (χ1) is 9.63. The number of pyridine rings is 1. The second-order valence-corrected chi connectivity index (χ2v) is 5.31. The van der Waals surface area contributed by atoms with Gasteiger partial charge in [0.05, 0.1) is 10.6 Å². The lowest BCUT2D eigenvalue weighted by Crippen LogP contribution is -2.47. The number of rotatable bonds is 4. The molecule has 2 heterocycles. The summed E-state index contributed by atoms with van der Waals surface area (Å²) >= 11 is 5.97. The number of nitrogen functional groups attached to an aromatic ring is 1. The molecule has 2 rings (SSSR count). The monoisotopic (exact) mass is 297 g/mol. The first-order valence-corrected chi connectivity index (χ1v) is 7.17. The van der Waals surface area contributed by atoms with Gasteiger partial charge in [0.15, 0.2) is 5.82 Å². The molecule has 1 unspecified atom stereocenters. The van der Waals surface area contributed by atoms with Gasteiger partial charge < -0.3 is 15.6 Å². The van der Waals surface area contributed by atoms with E-state index >= 15 is 0 Å². The van der Waals surface area contributed by atoms with E-state index in [0.29, 0.717) is 16.4 Å². The molecule has 1 aromatic rings. The maximum absolute atomic E-state index is 12.2. The zero-order valence-electron chi connectivity index (χ0n) is 11.5. The number of nitrogens with one attached hydrogen (secondary N) is 2. The Morgan fingerprint density at radius 3 is 3.10 bits per heavy atom. The Balaban J connectivity index is 1.99. The third kappa shape index (κ3) is 3.59. The number of nitrogens with two attached hydrogens (primary N) is 1. The van der Waals surface area contributed by atoms with Gasteiger partial charge in [-0.2, -0.15) is 0 Å². The minimum Gasteiger partial charge on any atom is -0.348 e. The van der Waals surface area contributed by atoms with Crippen LogP contribution in [0.25, 0.3) is 0 Å². The van der Waals surface area contributed by atoms with Crippen LogP contribution in [0.4, 0.5) is 5.82 Å². The molecular formula is C13H20ClN5O. The highest BCUT2D eigenvalue weighted by molar-refractivity contribution is 6.33. The maximum Gasteiger partial charge on any atom is 0.253 e. The summed E-state index contributed by atoms with van der Waals surface area (Å²) in [7, 11) is 0. The fourth-order valence-corrected chi connectivity index (χ4v) is 2.62. The number of likely N-dealkylation sites (N-methyl/N-ethyl adjacent to an activating group) is 1. The van der Waals surface area contributed by atoms with Gasteiger partial charge >= 0.3 is 0 Å². The summed E-state index contributed by atoms with van der Waals surface area (Å²) in [5, 5.41) is 3.37. The van der Waals surface area contributed by atoms with Crippen LogP contribution in [0.5, 0.6) is 0 Å². The van der Waals surface area contributed by atoms with Crippen molar-refractivity contribution in [2.45, 2.75) is 25.8 Å². The van der Waals surface area contributed by atoms with Crippen LogP contribution < -0.4 is 16.6 Å². The number of likely N-dealkylation sites (tertiary alicyclic amines) is 1. The van der Waals surface area contributed by atoms with Gasteiger partial charge in [-0.3, -0.25) is 4.79 Å². The van der Waals surface area contributed by atoms with E-state index in [4.69, 9.17) is 17.4 Å². The fourth-order valence-electron chi connectivity index (χ4n) is 2.40. The molecule has 110 valence electrons. The Hall–Kier alpha value is -1.37. The van der Waals surface area contributed by atoms with E-state index in [0.717, 1.165) is 32.5 Å². The Kier molecular flexibility index (Phi) is 5.17. The van der Waals surface area contributed by atoms with Crippen molar-refractivity contribution in [2.75, 3.05) is 25.1 Å². The molecule has 1 atom stereocenters. The summed E-state index contributed by atoms with van der Waals surface area (Å²) in [6, 6.07) is 1.75. The van der Waals surface area contributed by atoms with Crippen molar-refractivity contribution < 1.29 is 4.79 Å². The molecule has 6 nitrogen and oxygen atoms in total. The van der Waals surface area contributed by atoms with E-state index in [1.54, 1.807) is 6.07 Å². The van der Waals surface area contributed by atoms with E-state index in [-0.39, 0.29) is 11.9 Å². The molecule has 20 heavy (non-hydrogen) atoms. The molecule has 1 aliphatic rings. The largest absolute Gasteiger partial charge is 0.348 e. The SMILES string of the molecule is CCN1CCCC(NC(=O)c2cnc(NN)c(Cl)c2)C1. The van der Waals surface area contributed by atoms with Gasteiger partial charge in [0.1, 0.15) is 0 Å².